The molecule has 0 spiro atoms. The lowest BCUT2D eigenvalue weighted by Crippen LogP contribution is -2.38. The molecule has 5 nitrogen and oxygen atoms in total. The molecular weight excluding hydrogens is 220 g/mol. The van der Waals surface area contributed by atoms with Gasteiger partial charge < -0.3 is 10.0 Å². The summed E-state index contributed by atoms with van der Waals surface area (Å²) < 4.78 is 0. The van der Waals surface area contributed by atoms with Crippen LogP contribution in [0.1, 0.15) is 39.5 Å². The highest BCUT2D eigenvalue weighted by Crippen LogP contribution is 2.30. The first-order valence-corrected chi connectivity index (χ1v) is 5.78. The number of carboxylic acid groups (broad SMARTS) is 1. The van der Waals surface area contributed by atoms with Crippen LogP contribution in [0.25, 0.3) is 0 Å². The van der Waals surface area contributed by atoms with Gasteiger partial charge in [-0.3, -0.25) is 9.59 Å². The largest absolute Gasteiger partial charge is 0.481 e. The molecule has 1 saturated carbocycles. The number of nitrogens with zero attached hydrogens (tertiary/aromatic N) is 2. The molecule has 1 fully saturated rings. The Kier molecular flexibility index (Phi) is 4.11. The number of rotatable bonds is 6. The van der Waals surface area contributed by atoms with Crippen LogP contribution in [0.2, 0.25) is 0 Å². The molecule has 1 N–H and O–H groups in total. The van der Waals surface area contributed by atoms with E-state index in [9.17, 15) is 9.59 Å². The third-order valence-corrected chi connectivity index (χ3v) is 2.94. The van der Waals surface area contributed by atoms with Gasteiger partial charge >= 0.3 is 5.97 Å². The van der Waals surface area contributed by atoms with Gasteiger partial charge in [-0.15, -0.1) is 0 Å². The van der Waals surface area contributed by atoms with Crippen molar-refractivity contribution in [3.63, 3.8) is 0 Å². The maximum Gasteiger partial charge on any atom is 0.309 e. The molecule has 0 radical (unpaired) electrons. The summed E-state index contributed by atoms with van der Waals surface area (Å²) in [4.78, 5) is 24.6. The number of amides is 1. The van der Waals surface area contributed by atoms with Gasteiger partial charge in [-0.2, -0.15) is 5.26 Å². The SMILES string of the molecule is CC(C)(CC(=O)N(CCC#N)C1CC1)C(=O)O. The first-order chi connectivity index (χ1) is 7.88. The average molecular weight is 238 g/mol. The van der Waals surface area contributed by atoms with Crippen molar-refractivity contribution < 1.29 is 14.7 Å². The van der Waals surface area contributed by atoms with Crippen molar-refractivity contribution in [2.45, 2.75) is 45.6 Å². The number of carboxylic acids is 1. The minimum Gasteiger partial charge on any atom is -0.481 e. The Morgan fingerprint density at radius 3 is 2.47 bits per heavy atom. The van der Waals surface area contributed by atoms with Gasteiger partial charge in [-0.1, -0.05) is 0 Å². The topological polar surface area (TPSA) is 81.4 Å². The molecule has 0 aromatic carbocycles. The molecule has 94 valence electrons. The second kappa shape index (κ2) is 5.17. The lowest BCUT2D eigenvalue weighted by atomic mass is 9.89. The fourth-order valence-corrected chi connectivity index (χ4v) is 1.62. The summed E-state index contributed by atoms with van der Waals surface area (Å²) in [5.74, 6) is -1.13. The molecule has 1 aliphatic rings. The fourth-order valence-electron chi connectivity index (χ4n) is 1.62. The van der Waals surface area contributed by atoms with Gasteiger partial charge in [0.1, 0.15) is 0 Å². The Morgan fingerprint density at radius 1 is 1.47 bits per heavy atom. The van der Waals surface area contributed by atoms with E-state index in [-0.39, 0.29) is 18.4 Å². The molecule has 1 aliphatic carbocycles. The number of hydrogen-bond donors (Lipinski definition) is 1. The van der Waals surface area contributed by atoms with Crippen molar-refractivity contribution in [1.29, 1.82) is 5.26 Å². The molecule has 5 heteroatoms. The fraction of sp³-hybridized carbons (Fsp3) is 0.750. The highest BCUT2D eigenvalue weighted by atomic mass is 16.4. The molecule has 17 heavy (non-hydrogen) atoms. The first kappa shape index (κ1) is 13.5. The maximum absolute atomic E-state index is 12.0. The van der Waals surface area contributed by atoms with E-state index >= 15 is 0 Å². The van der Waals surface area contributed by atoms with E-state index in [0.29, 0.717) is 13.0 Å². The van der Waals surface area contributed by atoms with Crippen LogP contribution >= 0.6 is 0 Å². The normalized spacial score (nSPS) is 15.1. The van der Waals surface area contributed by atoms with Gasteiger partial charge in [-0.05, 0) is 26.7 Å². The van der Waals surface area contributed by atoms with Gasteiger partial charge in [0.2, 0.25) is 5.91 Å². The van der Waals surface area contributed by atoms with Gasteiger partial charge in [0.15, 0.2) is 0 Å². The Hall–Kier alpha value is -1.57. The summed E-state index contributed by atoms with van der Waals surface area (Å²) in [5, 5.41) is 17.5. The summed E-state index contributed by atoms with van der Waals surface area (Å²) in [6, 6.07) is 2.23. The second-order valence-electron chi connectivity index (χ2n) is 5.09. The lowest BCUT2D eigenvalue weighted by molar-refractivity contribution is -0.151. The minimum absolute atomic E-state index is 0.00966. The molecule has 0 aromatic heterocycles. The number of hydrogen-bond acceptors (Lipinski definition) is 3. The quantitative estimate of drug-likeness (QED) is 0.758. The molecule has 0 unspecified atom stereocenters. The average Bonchev–Trinajstić information content (AvgIpc) is 3.01. The Labute approximate surface area is 101 Å². The van der Waals surface area contributed by atoms with Crippen LogP contribution in [0, 0.1) is 16.7 Å². The van der Waals surface area contributed by atoms with Crippen LogP contribution in [0.15, 0.2) is 0 Å². The van der Waals surface area contributed by atoms with E-state index in [4.69, 9.17) is 10.4 Å². The van der Waals surface area contributed by atoms with Gasteiger partial charge in [-0.25, -0.2) is 0 Å². The lowest BCUT2D eigenvalue weighted by Gasteiger charge is -2.26. The predicted molar refractivity (Wildman–Crippen MR) is 61.0 cm³/mol. The van der Waals surface area contributed by atoms with E-state index in [1.165, 1.54) is 0 Å². The van der Waals surface area contributed by atoms with E-state index in [1.54, 1.807) is 18.7 Å². The van der Waals surface area contributed by atoms with Crippen molar-refractivity contribution in [1.82, 2.24) is 4.90 Å². The van der Waals surface area contributed by atoms with Crippen LogP contribution in [0.3, 0.4) is 0 Å². The zero-order valence-corrected chi connectivity index (χ0v) is 10.3. The standard InChI is InChI=1S/C12H18N2O3/c1-12(2,11(16)17)8-10(15)14(7-3-6-13)9-4-5-9/h9H,3-5,7-8H2,1-2H3,(H,16,17). The van der Waals surface area contributed by atoms with Gasteiger partial charge in [0.05, 0.1) is 17.9 Å². The van der Waals surface area contributed by atoms with E-state index in [1.807, 2.05) is 6.07 Å². The molecule has 1 rings (SSSR count). The van der Waals surface area contributed by atoms with Gasteiger partial charge in [0, 0.05) is 19.0 Å². The van der Waals surface area contributed by atoms with E-state index in [0.717, 1.165) is 12.8 Å². The highest BCUT2D eigenvalue weighted by molar-refractivity contribution is 5.84. The molecular formula is C12H18N2O3. The van der Waals surface area contributed by atoms with E-state index < -0.39 is 11.4 Å². The van der Waals surface area contributed by atoms with Gasteiger partial charge in [0.25, 0.3) is 0 Å². The van der Waals surface area contributed by atoms with Crippen LogP contribution in [0.4, 0.5) is 0 Å². The molecule has 0 saturated heterocycles. The van der Waals surface area contributed by atoms with Crippen molar-refractivity contribution in [3.05, 3.63) is 0 Å². The number of carbonyl (C=O) groups excluding carboxylic acids is 1. The molecule has 0 aliphatic heterocycles. The smallest absolute Gasteiger partial charge is 0.309 e. The number of nitriles is 1. The van der Waals surface area contributed by atoms with Crippen molar-refractivity contribution in [2.24, 2.45) is 5.41 Å². The van der Waals surface area contributed by atoms with E-state index in [2.05, 4.69) is 0 Å². The maximum atomic E-state index is 12.0. The number of aliphatic carboxylic acids is 1. The summed E-state index contributed by atoms with van der Waals surface area (Å²) >= 11 is 0. The first-order valence-electron chi connectivity index (χ1n) is 5.78. The monoisotopic (exact) mass is 238 g/mol. The molecule has 1 amide bonds. The summed E-state index contributed by atoms with van der Waals surface area (Å²) in [6.07, 6.45) is 2.22. The summed E-state index contributed by atoms with van der Waals surface area (Å²) in [6.45, 7) is 3.50. The third kappa shape index (κ3) is 3.74. The van der Waals surface area contributed by atoms with Crippen LogP contribution in [0.5, 0.6) is 0 Å². The highest BCUT2D eigenvalue weighted by Gasteiger charge is 2.37. The van der Waals surface area contributed by atoms with Crippen LogP contribution < -0.4 is 0 Å². The molecule has 0 bridgehead atoms. The zero-order valence-electron chi connectivity index (χ0n) is 10.3. The molecule has 0 aromatic rings. The third-order valence-electron chi connectivity index (χ3n) is 2.94. The summed E-state index contributed by atoms with van der Waals surface area (Å²) in [7, 11) is 0. The molecule has 0 heterocycles. The zero-order chi connectivity index (χ0) is 13.1. The Balaban J connectivity index is 2.59. The molecule has 0 atom stereocenters. The predicted octanol–water partition coefficient (Wildman–Crippen LogP) is 1.39. The summed E-state index contributed by atoms with van der Waals surface area (Å²) in [5.41, 5.74) is -1.04. The van der Waals surface area contributed by atoms with Crippen molar-refractivity contribution in [2.75, 3.05) is 6.54 Å². The Morgan fingerprint density at radius 2 is 2.06 bits per heavy atom. The van der Waals surface area contributed by atoms with Crippen LogP contribution in [-0.4, -0.2) is 34.5 Å². The van der Waals surface area contributed by atoms with Crippen molar-refractivity contribution in [3.8, 4) is 6.07 Å². The van der Waals surface area contributed by atoms with Crippen LogP contribution in [-0.2, 0) is 9.59 Å². The Bertz CT molecular complexity index is 353. The number of carbonyl (C=O) groups is 2. The minimum atomic E-state index is -1.04. The second-order valence-corrected chi connectivity index (χ2v) is 5.09. The van der Waals surface area contributed by atoms with Crippen molar-refractivity contribution >= 4 is 11.9 Å².